The summed E-state index contributed by atoms with van der Waals surface area (Å²) in [6.07, 6.45) is 1.89. The van der Waals surface area contributed by atoms with Gasteiger partial charge in [0.1, 0.15) is 11.5 Å². The third-order valence-electron chi connectivity index (χ3n) is 6.47. The number of nitrogens with zero attached hydrogens (tertiary/aromatic N) is 1. The molecule has 1 aliphatic heterocycles. The molecule has 4 aromatic rings. The van der Waals surface area contributed by atoms with Gasteiger partial charge in [-0.2, -0.15) is 0 Å². The Morgan fingerprint density at radius 1 is 0.971 bits per heavy atom. The Bertz CT molecular complexity index is 1390. The molecule has 0 aliphatic carbocycles. The van der Waals surface area contributed by atoms with Gasteiger partial charge in [0.05, 0.1) is 31.9 Å². The molecular formula is C27H25N3O4. The van der Waals surface area contributed by atoms with E-state index in [1.54, 1.807) is 50.4 Å². The van der Waals surface area contributed by atoms with Crippen molar-refractivity contribution in [1.29, 1.82) is 0 Å². The average Bonchev–Trinajstić information content (AvgIpc) is 3.29. The SMILES string of the molecule is COc1ccc(OC)c(NC(=O)[C@@H]2c3ccccc3C(=O)N(C)[C@H]2c2c[nH]c3ccccc23)c1. The number of rotatable bonds is 5. The topological polar surface area (TPSA) is 83.7 Å². The summed E-state index contributed by atoms with van der Waals surface area (Å²) in [5.41, 5.74) is 3.56. The fourth-order valence-corrected chi connectivity index (χ4v) is 4.81. The quantitative estimate of drug-likeness (QED) is 0.456. The number of hydrogen-bond donors (Lipinski definition) is 2. The normalized spacial score (nSPS) is 17.4. The van der Waals surface area contributed by atoms with Crippen LogP contribution in [-0.4, -0.2) is 43.0 Å². The maximum atomic E-state index is 13.9. The molecule has 2 amide bonds. The van der Waals surface area contributed by atoms with Crippen molar-refractivity contribution in [3.63, 3.8) is 0 Å². The molecule has 0 spiro atoms. The first-order valence-corrected chi connectivity index (χ1v) is 11.0. The van der Waals surface area contributed by atoms with Crippen LogP contribution >= 0.6 is 0 Å². The summed E-state index contributed by atoms with van der Waals surface area (Å²) in [5.74, 6) is 0.114. The van der Waals surface area contributed by atoms with Crippen LogP contribution in [0.5, 0.6) is 11.5 Å². The van der Waals surface area contributed by atoms with Gasteiger partial charge in [-0.05, 0) is 29.8 Å². The Labute approximate surface area is 197 Å². The first kappa shape index (κ1) is 21.6. The van der Waals surface area contributed by atoms with Gasteiger partial charge < -0.3 is 24.7 Å². The number of hydrogen-bond acceptors (Lipinski definition) is 4. The summed E-state index contributed by atoms with van der Waals surface area (Å²) in [6, 6.07) is 19.9. The molecule has 7 heteroatoms. The standard InChI is InChI=1S/C27H25N3O4/c1-30-25(20-15-28-21-11-7-6-8-17(20)21)24(18-9-4-5-10-19(18)27(30)32)26(31)29-22-14-16(33-2)12-13-23(22)34-3/h4-15,24-25,28H,1-3H3,(H,29,31)/t24-,25+/m1/s1. The third-order valence-corrected chi connectivity index (χ3v) is 6.47. The number of methoxy groups -OCH3 is 2. The van der Waals surface area contributed by atoms with Crippen molar-refractivity contribution < 1.29 is 19.1 Å². The van der Waals surface area contributed by atoms with Gasteiger partial charge in [0.2, 0.25) is 5.91 Å². The second kappa shape index (κ2) is 8.59. The van der Waals surface area contributed by atoms with Gasteiger partial charge in [-0.25, -0.2) is 0 Å². The summed E-state index contributed by atoms with van der Waals surface area (Å²) >= 11 is 0. The lowest BCUT2D eigenvalue weighted by Crippen LogP contribution is -2.44. The van der Waals surface area contributed by atoms with Crippen LogP contribution in [0.1, 0.15) is 33.4 Å². The molecule has 0 unspecified atom stereocenters. The largest absolute Gasteiger partial charge is 0.497 e. The van der Waals surface area contributed by atoms with Gasteiger partial charge >= 0.3 is 0 Å². The second-order valence-corrected chi connectivity index (χ2v) is 8.27. The molecule has 34 heavy (non-hydrogen) atoms. The number of amides is 2. The first-order chi connectivity index (χ1) is 16.5. The van der Waals surface area contributed by atoms with E-state index in [-0.39, 0.29) is 11.8 Å². The summed E-state index contributed by atoms with van der Waals surface area (Å²) in [5, 5.41) is 4.01. The number of aromatic amines is 1. The van der Waals surface area contributed by atoms with Crippen LogP contribution in [0.15, 0.2) is 72.9 Å². The third kappa shape index (κ3) is 3.46. The summed E-state index contributed by atoms with van der Waals surface area (Å²) in [7, 11) is 4.87. The van der Waals surface area contributed by atoms with E-state index in [0.717, 1.165) is 16.5 Å². The predicted octanol–water partition coefficient (Wildman–Crippen LogP) is 4.73. The molecule has 0 saturated carbocycles. The zero-order chi connectivity index (χ0) is 23.8. The van der Waals surface area contributed by atoms with Crippen molar-refractivity contribution in [2.75, 3.05) is 26.6 Å². The van der Waals surface area contributed by atoms with E-state index < -0.39 is 12.0 Å². The molecule has 2 N–H and O–H groups in total. The van der Waals surface area contributed by atoms with E-state index in [2.05, 4.69) is 10.3 Å². The van der Waals surface area contributed by atoms with Crippen molar-refractivity contribution in [2.45, 2.75) is 12.0 Å². The smallest absolute Gasteiger partial charge is 0.254 e. The van der Waals surface area contributed by atoms with Crippen LogP contribution in [0.25, 0.3) is 10.9 Å². The monoisotopic (exact) mass is 455 g/mol. The number of aromatic nitrogens is 1. The highest BCUT2D eigenvalue weighted by Gasteiger charge is 2.43. The molecule has 2 atom stereocenters. The maximum absolute atomic E-state index is 13.9. The zero-order valence-electron chi connectivity index (χ0n) is 19.2. The van der Waals surface area contributed by atoms with Crippen LogP contribution in [-0.2, 0) is 4.79 Å². The lowest BCUT2D eigenvalue weighted by Gasteiger charge is -2.39. The van der Waals surface area contributed by atoms with Crippen LogP contribution in [0.4, 0.5) is 5.69 Å². The van der Waals surface area contributed by atoms with Crippen LogP contribution in [0.2, 0.25) is 0 Å². The summed E-state index contributed by atoms with van der Waals surface area (Å²) < 4.78 is 10.8. The van der Waals surface area contributed by atoms with Crippen LogP contribution in [0, 0.1) is 0 Å². The van der Waals surface area contributed by atoms with Gasteiger partial charge in [0, 0.05) is 41.3 Å². The number of para-hydroxylation sites is 1. The lowest BCUT2D eigenvalue weighted by atomic mass is 9.79. The van der Waals surface area contributed by atoms with Crippen molar-refractivity contribution in [3.8, 4) is 11.5 Å². The number of ether oxygens (including phenoxy) is 2. The van der Waals surface area contributed by atoms with Crippen molar-refractivity contribution in [1.82, 2.24) is 9.88 Å². The van der Waals surface area contributed by atoms with E-state index in [1.165, 1.54) is 0 Å². The molecular weight excluding hydrogens is 430 g/mol. The highest BCUT2D eigenvalue weighted by atomic mass is 16.5. The fraction of sp³-hybridized carbons (Fsp3) is 0.185. The highest BCUT2D eigenvalue weighted by Crippen LogP contribution is 2.45. The number of carbonyl (C=O) groups is 2. The molecule has 0 saturated heterocycles. The van der Waals surface area contributed by atoms with Gasteiger partial charge in [0.15, 0.2) is 0 Å². The maximum Gasteiger partial charge on any atom is 0.254 e. The minimum absolute atomic E-state index is 0.117. The van der Waals surface area contributed by atoms with Crippen molar-refractivity contribution in [2.24, 2.45) is 0 Å². The Morgan fingerprint density at radius 2 is 1.74 bits per heavy atom. The van der Waals surface area contributed by atoms with Gasteiger partial charge in [-0.15, -0.1) is 0 Å². The number of H-pyrrole nitrogens is 1. The number of benzene rings is 3. The molecule has 172 valence electrons. The number of anilines is 1. The van der Waals surface area contributed by atoms with Crippen LogP contribution < -0.4 is 14.8 Å². The van der Waals surface area contributed by atoms with Crippen LogP contribution in [0.3, 0.4) is 0 Å². The Morgan fingerprint density at radius 3 is 2.53 bits per heavy atom. The molecule has 0 bridgehead atoms. The zero-order valence-corrected chi connectivity index (χ0v) is 19.2. The lowest BCUT2D eigenvalue weighted by molar-refractivity contribution is -0.119. The van der Waals surface area contributed by atoms with Gasteiger partial charge in [-0.3, -0.25) is 9.59 Å². The summed E-state index contributed by atoms with van der Waals surface area (Å²) in [6.45, 7) is 0. The first-order valence-electron chi connectivity index (χ1n) is 11.0. The molecule has 5 rings (SSSR count). The number of likely N-dealkylation sites (N-methyl/N-ethyl adjacent to an activating group) is 1. The molecule has 3 aromatic carbocycles. The molecule has 1 aromatic heterocycles. The summed E-state index contributed by atoms with van der Waals surface area (Å²) in [4.78, 5) is 32.2. The van der Waals surface area contributed by atoms with E-state index in [4.69, 9.17) is 9.47 Å². The Balaban J connectivity index is 1.64. The van der Waals surface area contributed by atoms with E-state index in [9.17, 15) is 9.59 Å². The van der Waals surface area contributed by atoms with Crippen molar-refractivity contribution >= 4 is 28.4 Å². The predicted molar refractivity (Wildman–Crippen MR) is 130 cm³/mol. The fourth-order valence-electron chi connectivity index (χ4n) is 4.81. The number of nitrogens with one attached hydrogen (secondary N) is 2. The average molecular weight is 456 g/mol. The van der Waals surface area contributed by atoms with Gasteiger partial charge in [-0.1, -0.05) is 36.4 Å². The molecule has 0 radical (unpaired) electrons. The number of carbonyl (C=O) groups excluding carboxylic acids is 2. The molecule has 7 nitrogen and oxygen atoms in total. The molecule has 2 heterocycles. The Kier molecular flexibility index (Phi) is 5.45. The van der Waals surface area contributed by atoms with E-state index in [1.807, 2.05) is 48.7 Å². The second-order valence-electron chi connectivity index (χ2n) is 8.27. The molecule has 0 fully saturated rings. The van der Waals surface area contributed by atoms with Crippen molar-refractivity contribution in [3.05, 3.63) is 89.6 Å². The highest BCUT2D eigenvalue weighted by molar-refractivity contribution is 6.05. The molecule has 1 aliphatic rings. The van der Waals surface area contributed by atoms with Gasteiger partial charge in [0.25, 0.3) is 5.91 Å². The number of fused-ring (bicyclic) bond motifs is 2. The minimum atomic E-state index is -0.644. The van der Waals surface area contributed by atoms with E-state index >= 15 is 0 Å². The Hall–Kier alpha value is -4.26. The van der Waals surface area contributed by atoms with E-state index in [0.29, 0.717) is 28.3 Å². The minimum Gasteiger partial charge on any atom is -0.497 e.